The maximum absolute atomic E-state index is 6.16. The van der Waals surface area contributed by atoms with E-state index in [1.54, 1.807) is 7.11 Å². The van der Waals surface area contributed by atoms with Gasteiger partial charge in [-0.25, -0.2) is 0 Å². The molecule has 0 saturated heterocycles. The molecule has 2 rings (SSSR count). The summed E-state index contributed by atoms with van der Waals surface area (Å²) in [6, 6.07) is 3.80. The SMILES string of the molecule is COc1cc(Cl)cc(CC(C)N)c1OCC1CCCCC1. The number of hydrogen-bond acceptors (Lipinski definition) is 3. The molecule has 0 aromatic heterocycles. The molecule has 0 bridgehead atoms. The third kappa shape index (κ3) is 4.79. The summed E-state index contributed by atoms with van der Waals surface area (Å²) in [4.78, 5) is 0. The van der Waals surface area contributed by atoms with Crippen molar-refractivity contribution in [3.05, 3.63) is 22.7 Å². The molecule has 1 fully saturated rings. The lowest BCUT2D eigenvalue weighted by Crippen LogP contribution is -2.20. The van der Waals surface area contributed by atoms with E-state index in [0.29, 0.717) is 16.7 Å². The zero-order chi connectivity index (χ0) is 15.2. The molecule has 118 valence electrons. The summed E-state index contributed by atoms with van der Waals surface area (Å²) in [5.74, 6) is 2.17. The van der Waals surface area contributed by atoms with Gasteiger partial charge < -0.3 is 15.2 Å². The van der Waals surface area contributed by atoms with Gasteiger partial charge in [-0.05, 0) is 38.2 Å². The Kier molecular flexibility index (Phi) is 6.19. The zero-order valence-electron chi connectivity index (χ0n) is 13.0. The van der Waals surface area contributed by atoms with Crippen LogP contribution in [0.25, 0.3) is 0 Å². The molecule has 3 nitrogen and oxygen atoms in total. The van der Waals surface area contributed by atoms with E-state index in [2.05, 4.69) is 0 Å². The lowest BCUT2D eigenvalue weighted by Gasteiger charge is -2.23. The first-order valence-electron chi connectivity index (χ1n) is 7.85. The van der Waals surface area contributed by atoms with Crippen LogP contribution in [0.1, 0.15) is 44.6 Å². The van der Waals surface area contributed by atoms with Crippen LogP contribution in [0.2, 0.25) is 5.02 Å². The molecular weight excluding hydrogens is 286 g/mol. The van der Waals surface area contributed by atoms with Crippen molar-refractivity contribution in [1.29, 1.82) is 0 Å². The van der Waals surface area contributed by atoms with Gasteiger partial charge in [-0.2, -0.15) is 0 Å². The van der Waals surface area contributed by atoms with E-state index in [9.17, 15) is 0 Å². The average molecular weight is 312 g/mol. The maximum atomic E-state index is 6.16. The van der Waals surface area contributed by atoms with E-state index in [1.807, 2.05) is 19.1 Å². The summed E-state index contributed by atoms with van der Waals surface area (Å²) in [6.45, 7) is 2.74. The van der Waals surface area contributed by atoms with Gasteiger partial charge in [0.25, 0.3) is 0 Å². The van der Waals surface area contributed by atoms with Crippen LogP contribution in [-0.4, -0.2) is 19.8 Å². The van der Waals surface area contributed by atoms with Crippen molar-refractivity contribution in [2.45, 2.75) is 51.5 Å². The molecule has 1 aliphatic rings. The van der Waals surface area contributed by atoms with Crippen LogP contribution in [0, 0.1) is 5.92 Å². The molecule has 21 heavy (non-hydrogen) atoms. The second-order valence-corrected chi connectivity index (χ2v) is 6.53. The fourth-order valence-corrected chi connectivity index (χ4v) is 3.22. The van der Waals surface area contributed by atoms with E-state index >= 15 is 0 Å². The highest BCUT2D eigenvalue weighted by Crippen LogP contribution is 2.36. The molecule has 1 unspecified atom stereocenters. The van der Waals surface area contributed by atoms with Crippen LogP contribution >= 0.6 is 11.6 Å². The van der Waals surface area contributed by atoms with Gasteiger partial charge in [0.15, 0.2) is 11.5 Å². The lowest BCUT2D eigenvalue weighted by atomic mass is 9.90. The Labute approximate surface area is 132 Å². The number of halogens is 1. The highest BCUT2D eigenvalue weighted by atomic mass is 35.5. The van der Waals surface area contributed by atoms with E-state index < -0.39 is 0 Å². The van der Waals surface area contributed by atoms with Gasteiger partial charge in [-0.15, -0.1) is 0 Å². The summed E-state index contributed by atoms with van der Waals surface area (Å²) in [6.07, 6.45) is 7.25. The number of methoxy groups -OCH3 is 1. The molecule has 1 aromatic carbocycles. The molecule has 1 aliphatic carbocycles. The number of nitrogens with two attached hydrogens (primary N) is 1. The molecule has 1 aromatic rings. The molecule has 0 spiro atoms. The monoisotopic (exact) mass is 311 g/mol. The summed E-state index contributed by atoms with van der Waals surface area (Å²) in [5.41, 5.74) is 6.97. The minimum atomic E-state index is 0.0604. The van der Waals surface area contributed by atoms with Crippen LogP contribution in [0.3, 0.4) is 0 Å². The van der Waals surface area contributed by atoms with Gasteiger partial charge in [-0.3, -0.25) is 0 Å². The molecule has 1 atom stereocenters. The first kappa shape index (κ1) is 16.4. The Morgan fingerprint density at radius 2 is 2.00 bits per heavy atom. The Hall–Kier alpha value is -0.930. The van der Waals surface area contributed by atoms with Crippen molar-refractivity contribution in [3.8, 4) is 11.5 Å². The van der Waals surface area contributed by atoms with Gasteiger partial charge in [0.1, 0.15) is 0 Å². The Morgan fingerprint density at radius 1 is 1.29 bits per heavy atom. The predicted octanol–water partition coefficient (Wildman–Crippen LogP) is 4.20. The van der Waals surface area contributed by atoms with Crippen molar-refractivity contribution in [2.75, 3.05) is 13.7 Å². The molecule has 0 aliphatic heterocycles. The topological polar surface area (TPSA) is 44.5 Å². The second-order valence-electron chi connectivity index (χ2n) is 6.09. The molecule has 4 heteroatoms. The highest BCUT2D eigenvalue weighted by Gasteiger charge is 2.18. The zero-order valence-corrected chi connectivity index (χ0v) is 13.8. The molecule has 1 saturated carbocycles. The third-order valence-electron chi connectivity index (χ3n) is 4.05. The lowest BCUT2D eigenvalue weighted by molar-refractivity contribution is 0.200. The Balaban J connectivity index is 2.14. The molecule has 0 radical (unpaired) electrons. The van der Waals surface area contributed by atoms with Gasteiger partial charge in [0.2, 0.25) is 0 Å². The fraction of sp³-hybridized carbons (Fsp3) is 0.647. The largest absolute Gasteiger partial charge is 0.493 e. The third-order valence-corrected chi connectivity index (χ3v) is 4.26. The fourth-order valence-electron chi connectivity index (χ4n) is 2.99. The van der Waals surface area contributed by atoms with Crippen molar-refractivity contribution in [1.82, 2.24) is 0 Å². The number of hydrogen-bond donors (Lipinski definition) is 1. The predicted molar refractivity (Wildman–Crippen MR) is 87.4 cm³/mol. The summed E-state index contributed by atoms with van der Waals surface area (Å²) in [5, 5.41) is 0.660. The van der Waals surface area contributed by atoms with E-state index in [-0.39, 0.29) is 6.04 Å². The van der Waals surface area contributed by atoms with E-state index in [4.69, 9.17) is 26.8 Å². The normalized spacial score (nSPS) is 17.5. The van der Waals surface area contributed by atoms with Crippen LogP contribution in [0.4, 0.5) is 0 Å². The highest BCUT2D eigenvalue weighted by molar-refractivity contribution is 6.30. The number of benzene rings is 1. The summed E-state index contributed by atoms with van der Waals surface area (Å²) >= 11 is 6.16. The van der Waals surface area contributed by atoms with Gasteiger partial charge in [0, 0.05) is 22.7 Å². The smallest absolute Gasteiger partial charge is 0.164 e. The standard InChI is InChI=1S/C17H26ClNO2/c1-12(19)8-14-9-15(18)10-16(20-2)17(14)21-11-13-6-4-3-5-7-13/h9-10,12-13H,3-8,11,19H2,1-2H3. The summed E-state index contributed by atoms with van der Waals surface area (Å²) < 4.78 is 11.6. The number of rotatable bonds is 6. The van der Waals surface area contributed by atoms with Crippen LogP contribution in [0.15, 0.2) is 12.1 Å². The molecule has 2 N–H and O–H groups in total. The van der Waals surface area contributed by atoms with Gasteiger partial charge in [0.05, 0.1) is 13.7 Å². The van der Waals surface area contributed by atoms with Crippen molar-refractivity contribution in [2.24, 2.45) is 11.7 Å². The van der Waals surface area contributed by atoms with Crippen molar-refractivity contribution >= 4 is 11.6 Å². The Morgan fingerprint density at radius 3 is 2.62 bits per heavy atom. The van der Waals surface area contributed by atoms with Crippen LogP contribution in [0.5, 0.6) is 11.5 Å². The Bertz CT molecular complexity index is 456. The van der Waals surface area contributed by atoms with Crippen molar-refractivity contribution in [3.63, 3.8) is 0 Å². The first-order valence-corrected chi connectivity index (χ1v) is 8.22. The minimum absolute atomic E-state index is 0.0604. The van der Waals surface area contributed by atoms with E-state index in [1.165, 1.54) is 32.1 Å². The van der Waals surface area contributed by atoms with Gasteiger partial charge >= 0.3 is 0 Å². The number of ether oxygens (including phenoxy) is 2. The second kappa shape index (κ2) is 7.90. The van der Waals surface area contributed by atoms with Crippen LogP contribution in [-0.2, 0) is 6.42 Å². The minimum Gasteiger partial charge on any atom is -0.493 e. The molecular formula is C17H26ClNO2. The van der Waals surface area contributed by atoms with E-state index in [0.717, 1.165) is 24.3 Å². The van der Waals surface area contributed by atoms with Gasteiger partial charge in [-0.1, -0.05) is 30.9 Å². The summed E-state index contributed by atoms with van der Waals surface area (Å²) in [7, 11) is 1.65. The first-order chi connectivity index (χ1) is 10.1. The average Bonchev–Trinajstić information content (AvgIpc) is 2.46. The maximum Gasteiger partial charge on any atom is 0.164 e. The van der Waals surface area contributed by atoms with Crippen molar-refractivity contribution < 1.29 is 9.47 Å². The molecule has 0 heterocycles. The molecule has 0 amide bonds. The van der Waals surface area contributed by atoms with Crippen LogP contribution < -0.4 is 15.2 Å². The quantitative estimate of drug-likeness (QED) is 0.856.